The summed E-state index contributed by atoms with van der Waals surface area (Å²) >= 11 is 0. The molecule has 2 amide bonds. The van der Waals surface area contributed by atoms with Crippen LogP contribution in [0, 0.1) is 12.8 Å². The number of rotatable bonds is 5. The second-order valence-electron chi connectivity index (χ2n) is 6.03. The Morgan fingerprint density at radius 3 is 2.81 bits per heavy atom. The lowest BCUT2D eigenvalue weighted by molar-refractivity contribution is -0.126. The molecule has 6 nitrogen and oxygen atoms in total. The zero-order chi connectivity index (χ0) is 15.6. The van der Waals surface area contributed by atoms with Gasteiger partial charge < -0.3 is 5.32 Å². The number of fused-ring (bicyclic) bond motifs is 1. The summed E-state index contributed by atoms with van der Waals surface area (Å²) in [6, 6.07) is 1.34. The van der Waals surface area contributed by atoms with Gasteiger partial charge in [-0.2, -0.15) is 5.10 Å². The summed E-state index contributed by atoms with van der Waals surface area (Å²) in [6.45, 7) is 9.11. The lowest BCUT2D eigenvalue weighted by atomic mass is 10.1. The normalized spacial score (nSPS) is 16.0. The smallest absolute Gasteiger partial charge is 0.242 e. The van der Waals surface area contributed by atoms with Crippen molar-refractivity contribution in [2.24, 2.45) is 5.92 Å². The molecule has 0 aliphatic carbocycles. The highest BCUT2D eigenvalue weighted by Crippen LogP contribution is 2.24. The molecular weight excluding hydrogens is 268 g/mol. The molecule has 0 unspecified atom stereocenters. The van der Waals surface area contributed by atoms with Gasteiger partial charge in [-0.15, -0.1) is 0 Å². The van der Waals surface area contributed by atoms with E-state index < -0.39 is 6.04 Å². The molecule has 0 bridgehead atoms. The monoisotopic (exact) mass is 292 g/mol. The first kappa shape index (κ1) is 15.5. The molecule has 116 valence electrons. The van der Waals surface area contributed by atoms with Crippen molar-refractivity contribution in [3.8, 4) is 0 Å². The minimum absolute atomic E-state index is 0.0195. The van der Waals surface area contributed by atoms with Crippen LogP contribution < -0.4 is 10.2 Å². The molecule has 0 radical (unpaired) electrons. The molecule has 21 heavy (non-hydrogen) atoms. The zero-order valence-electron chi connectivity index (χ0n) is 13.2. The van der Waals surface area contributed by atoms with Crippen LogP contribution in [0.15, 0.2) is 6.07 Å². The molecule has 2 heterocycles. The summed E-state index contributed by atoms with van der Waals surface area (Å²) in [6.07, 6.45) is 1.32. The van der Waals surface area contributed by atoms with Crippen molar-refractivity contribution in [1.29, 1.82) is 0 Å². The van der Waals surface area contributed by atoms with Gasteiger partial charge in [-0.25, -0.2) is 4.68 Å². The zero-order valence-corrected chi connectivity index (χ0v) is 13.2. The van der Waals surface area contributed by atoms with Crippen molar-refractivity contribution in [3.05, 3.63) is 11.8 Å². The number of carbonyl (C=O) groups is 2. The number of nitrogens with one attached hydrogen (secondary N) is 1. The Bertz CT molecular complexity index is 536. The largest absolute Gasteiger partial charge is 0.354 e. The summed E-state index contributed by atoms with van der Waals surface area (Å²) in [4.78, 5) is 26.0. The molecule has 2 rings (SSSR count). The number of nitrogens with zero attached hydrogens (tertiary/aromatic N) is 3. The van der Waals surface area contributed by atoms with Crippen LogP contribution in [0.1, 0.15) is 39.3 Å². The summed E-state index contributed by atoms with van der Waals surface area (Å²) in [7, 11) is 0. The summed E-state index contributed by atoms with van der Waals surface area (Å²) in [5, 5.41) is 7.26. The Labute approximate surface area is 125 Å². The Hall–Kier alpha value is -1.85. The van der Waals surface area contributed by atoms with Gasteiger partial charge in [0.15, 0.2) is 0 Å². The predicted octanol–water partition coefficient (Wildman–Crippen LogP) is 1.48. The summed E-state index contributed by atoms with van der Waals surface area (Å²) in [5.74, 6) is 1.13. The van der Waals surface area contributed by atoms with Gasteiger partial charge in [0.05, 0.1) is 12.2 Å². The van der Waals surface area contributed by atoms with Gasteiger partial charge in [0.1, 0.15) is 11.9 Å². The minimum atomic E-state index is -0.514. The number of amides is 2. The Morgan fingerprint density at radius 2 is 2.14 bits per heavy atom. The highest BCUT2D eigenvalue weighted by molar-refractivity contribution is 6.00. The van der Waals surface area contributed by atoms with Crippen molar-refractivity contribution in [3.63, 3.8) is 0 Å². The van der Waals surface area contributed by atoms with Gasteiger partial charge in [-0.3, -0.25) is 14.5 Å². The van der Waals surface area contributed by atoms with Crippen LogP contribution in [-0.4, -0.2) is 34.2 Å². The van der Waals surface area contributed by atoms with Crippen LogP contribution in [0.3, 0.4) is 0 Å². The average molecular weight is 292 g/mol. The van der Waals surface area contributed by atoms with E-state index in [-0.39, 0.29) is 11.8 Å². The molecule has 0 fully saturated rings. The molecule has 1 aliphatic heterocycles. The fourth-order valence-electron chi connectivity index (χ4n) is 2.50. The SMILES string of the molecule is Cc1cc2n(n1)CCC(=O)N2[C@@H](C)C(=O)NCCC(C)C. The number of aromatic nitrogens is 2. The standard InChI is InChI=1S/C15H24N4O2/c1-10(2)5-7-16-15(21)12(4)19-13-9-11(3)17-18(13)8-6-14(19)20/h9-10,12H,5-8H2,1-4H3,(H,16,21)/t12-/m0/s1. The second-order valence-corrected chi connectivity index (χ2v) is 6.03. The van der Waals surface area contributed by atoms with Crippen molar-refractivity contribution in [2.45, 2.75) is 53.1 Å². The van der Waals surface area contributed by atoms with Crippen molar-refractivity contribution < 1.29 is 9.59 Å². The lowest BCUT2D eigenvalue weighted by Crippen LogP contribution is -2.51. The molecule has 6 heteroatoms. The number of anilines is 1. The first-order valence-corrected chi connectivity index (χ1v) is 7.54. The van der Waals surface area contributed by atoms with Crippen LogP contribution in [0.25, 0.3) is 0 Å². The van der Waals surface area contributed by atoms with E-state index in [4.69, 9.17) is 0 Å². The first-order chi connectivity index (χ1) is 9.90. The molecule has 1 aromatic heterocycles. The third-order valence-corrected chi connectivity index (χ3v) is 3.72. The van der Waals surface area contributed by atoms with E-state index in [9.17, 15) is 9.59 Å². The molecule has 0 spiro atoms. The predicted molar refractivity (Wildman–Crippen MR) is 81.0 cm³/mol. The number of carbonyl (C=O) groups excluding carboxylic acids is 2. The van der Waals surface area contributed by atoms with Crippen LogP contribution in [0.5, 0.6) is 0 Å². The van der Waals surface area contributed by atoms with E-state index in [2.05, 4.69) is 24.3 Å². The molecule has 1 N–H and O–H groups in total. The van der Waals surface area contributed by atoms with Crippen molar-refractivity contribution in [2.75, 3.05) is 11.4 Å². The molecular formula is C15H24N4O2. The molecule has 1 aliphatic rings. The fourth-order valence-corrected chi connectivity index (χ4v) is 2.50. The third-order valence-electron chi connectivity index (χ3n) is 3.72. The molecule has 0 aromatic carbocycles. The van der Waals surface area contributed by atoms with Crippen molar-refractivity contribution >= 4 is 17.6 Å². The van der Waals surface area contributed by atoms with Crippen LogP contribution in [0.2, 0.25) is 0 Å². The maximum absolute atomic E-state index is 12.3. The number of hydrogen-bond acceptors (Lipinski definition) is 3. The van der Waals surface area contributed by atoms with Crippen LogP contribution in [-0.2, 0) is 16.1 Å². The van der Waals surface area contributed by atoms with Gasteiger partial charge in [-0.1, -0.05) is 13.8 Å². The maximum Gasteiger partial charge on any atom is 0.242 e. The quantitative estimate of drug-likeness (QED) is 0.894. The minimum Gasteiger partial charge on any atom is -0.354 e. The molecule has 1 atom stereocenters. The molecule has 0 saturated carbocycles. The van der Waals surface area contributed by atoms with Crippen LogP contribution >= 0.6 is 0 Å². The van der Waals surface area contributed by atoms with Gasteiger partial charge in [0.25, 0.3) is 0 Å². The van der Waals surface area contributed by atoms with E-state index >= 15 is 0 Å². The van der Waals surface area contributed by atoms with E-state index in [1.807, 2.05) is 13.0 Å². The topological polar surface area (TPSA) is 67.2 Å². The van der Waals surface area contributed by atoms with E-state index in [0.29, 0.717) is 25.4 Å². The van der Waals surface area contributed by atoms with Gasteiger partial charge >= 0.3 is 0 Å². The van der Waals surface area contributed by atoms with E-state index in [0.717, 1.165) is 17.9 Å². The van der Waals surface area contributed by atoms with Crippen LogP contribution in [0.4, 0.5) is 5.82 Å². The molecule has 1 aromatic rings. The number of hydrogen-bond donors (Lipinski definition) is 1. The van der Waals surface area contributed by atoms with Gasteiger partial charge in [0.2, 0.25) is 11.8 Å². The van der Waals surface area contributed by atoms with Gasteiger partial charge in [-0.05, 0) is 26.2 Å². The lowest BCUT2D eigenvalue weighted by Gasteiger charge is -2.31. The number of aryl methyl sites for hydroxylation is 2. The summed E-state index contributed by atoms with van der Waals surface area (Å²) in [5.41, 5.74) is 0.858. The summed E-state index contributed by atoms with van der Waals surface area (Å²) < 4.78 is 1.80. The Morgan fingerprint density at radius 1 is 1.43 bits per heavy atom. The fraction of sp³-hybridized carbons (Fsp3) is 0.667. The van der Waals surface area contributed by atoms with Gasteiger partial charge in [0, 0.05) is 19.0 Å². The van der Waals surface area contributed by atoms with Crippen molar-refractivity contribution in [1.82, 2.24) is 15.1 Å². The van der Waals surface area contributed by atoms with E-state index in [1.54, 1.807) is 16.5 Å². The second kappa shape index (κ2) is 6.28. The third kappa shape index (κ3) is 3.43. The molecule has 0 saturated heterocycles. The highest BCUT2D eigenvalue weighted by Gasteiger charge is 2.32. The highest BCUT2D eigenvalue weighted by atomic mass is 16.2. The van der Waals surface area contributed by atoms with E-state index in [1.165, 1.54) is 0 Å². The Balaban J connectivity index is 2.09. The average Bonchev–Trinajstić information content (AvgIpc) is 2.77. The first-order valence-electron chi connectivity index (χ1n) is 7.54. The Kier molecular flexibility index (Phi) is 4.65. The maximum atomic E-state index is 12.3.